The van der Waals surface area contributed by atoms with Gasteiger partial charge in [-0.05, 0) is 73.4 Å². The Morgan fingerprint density at radius 2 is 1.94 bits per heavy atom. The van der Waals surface area contributed by atoms with Gasteiger partial charge in [-0.25, -0.2) is 4.98 Å². The van der Waals surface area contributed by atoms with Crippen LogP contribution in [0.5, 0.6) is 0 Å². The highest BCUT2D eigenvalue weighted by atomic mass is 19.4. The van der Waals surface area contributed by atoms with Gasteiger partial charge in [0.25, 0.3) is 0 Å². The molecule has 1 aromatic heterocycles. The van der Waals surface area contributed by atoms with Gasteiger partial charge in [0.2, 0.25) is 0 Å². The minimum Gasteiger partial charge on any atom is -0.507 e. The first-order valence-electron chi connectivity index (χ1n) is 10.4. The van der Waals surface area contributed by atoms with Crippen molar-refractivity contribution in [3.8, 4) is 0 Å². The van der Waals surface area contributed by atoms with Gasteiger partial charge in [0.1, 0.15) is 5.76 Å². The second-order valence-corrected chi connectivity index (χ2v) is 8.24. The normalized spacial score (nSPS) is 14.9. The van der Waals surface area contributed by atoms with E-state index < -0.39 is 11.7 Å². The van der Waals surface area contributed by atoms with Crippen molar-refractivity contribution in [1.82, 2.24) is 9.97 Å². The molecular weight excluding hydrogens is 401 g/mol. The SMILES string of the molecule is Cc1cccc(C(Cc2ccc(C(O)=C3CCC3)c(C(F)(F)F)c2)c2cnc[nH]2)c1C. The molecule has 0 bridgehead atoms. The Balaban J connectivity index is 1.76. The molecule has 2 N–H and O–H groups in total. The molecule has 1 unspecified atom stereocenters. The molecule has 0 amide bonds. The molecule has 1 aliphatic rings. The van der Waals surface area contributed by atoms with Gasteiger partial charge >= 0.3 is 6.18 Å². The van der Waals surface area contributed by atoms with Gasteiger partial charge in [0.15, 0.2) is 0 Å². The van der Waals surface area contributed by atoms with Crippen LogP contribution in [0.2, 0.25) is 0 Å². The van der Waals surface area contributed by atoms with E-state index in [0.29, 0.717) is 30.4 Å². The number of hydrogen-bond donors (Lipinski definition) is 2. The summed E-state index contributed by atoms with van der Waals surface area (Å²) in [6.07, 6.45) is 1.35. The first-order chi connectivity index (χ1) is 14.8. The van der Waals surface area contributed by atoms with E-state index in [2.05, 4.69) is 9.97 Å². The molecule has 0 saturated heterocycles. The monoisotopic (exact) mass is 426 g/mol. The summed E-state index contributed by atoms with van der Waals surface area (Å²) in [5.41, 5.74) is 4.49. The fraction of sp³-hybridized carbons (Fsp3) is 0.320. The van der Waals surface area contributed by atoms with Crippen LogP contribution in [0.15, 0.2) is 54.5 Å². The number of imidazole rings is 1. The summed E-state index contributed by atoms with van der Waals surface area (Å²) in [7, 11) is 0. The fourth-order valence-corrected chi connectivity index (χ4v) is 4.17. The average molecular weight is 426 g/mol. The van der Waals surface area contributed by atoms with E-state index in [1.54, 1.807) is 18.6 Å². The molecule has 1 heterocycles. The van der Waals surface area contributed by atoms with Crippen LogP contribution in [0, 0.1) is 13.8 Å². The Labute approximate surface area is 179 Å². The molecule has 1 atom stereocenters. The number of alkyl halides is 3. The third-order valence-electron chi connectivity index (χ3n) is 6.29. The Bertz CT molecular complexity index is 1110. The lowest BCUT2D eigenvalue weighted by Crippen LogP contribution is -2.13. The van der Waals surface area contributed by atoms with Gasteiger partial charge in [0, 0.05) is 23.4 Å². The zero-order chi connectivity index (χ0) is 22.2. The third-order valence-corrected chi connectivity index (χ3v) is 6.29. The summed E-state index contributed by atoms with van der Waals surface area (Å²) in [6.45, 7) is 4.05. The number of benzene rings is 2. The van der Waals surface area contributed by atoms with Crippen molar-refractivity contribution < 1.29 is 18.3 Å². The summed E-state index contributed by atoms with van der Waals surface area (Å²) in [5.74, 6) is -0.377. The highest BCUT2D eigenvalue weighted by Crippen LogP contribution is 2.40. The molecule has 3 aromatic rings. The Morgan fingerprint density at radius 3 is 2.55 bits per heavy atom. The van der Waals surface area contributed by atoms with E-state index in [4.69, 9.17) is 0 Å². The number of aromatic nitrogens is 2. The second kappa shape index (κ2) is 8.25. The van der Waals surface area contributed by atoms with Gasteiger partial charge in [0.05, 0.1) is 11.9 Å². The number of hydrogen-bond acceptors (Lipinski definition) is 2. The topological polar surface area (TPSA) is 48.9 Å². The van der Waals surface area contributed by atoms with Crippen LogP contribution in [0.3, 0.4) is 0 Å². The molecule has 2 aromatic carbocycles. The Morgan fingerprint density at radius 1 is 1.16 bits per heavy atom. The molecule has 0 aliphatic heterocycles. The Kier molecular flexibility index (Phi) is 5.65. The molecule has 3 nitrogen and oxygen atoms in total. The third kappa shape index (κ3) is 4.24. The van der Waals surface area contributed by atoms with E-state index in [9.17, 15) is 18.3 Å². The van der Waals surface area contributed by atoms with Crippen LogP contribution in [0.1, 0.15) is 64.3 Å². The number of aliphatic hydroxyl groups excluding tert-OH is 1. The van der Waals surface area contributed by atoms with Gasteiger partial charge < -0.3 is 10.1 Å². The van der Waals surface area contributed by atoms with Crippen molar-refractivity contribution in [1.29, 1.82) is 0 Å². The van der Waals surface area contributed by atoms with Crippen molar-refractivity contribution in [2.45, 2.75) is 51.6 Å². The number of allylic oxidation sites excluding steroid dienone is 1. The number of aliphatic hydroxyl groups is 1. The van der Waals surface area contributed by atoms with Crippen LogP contribution in [-0.2, 0) is 12.6 Å². The van der Waals surface area contributed by atoms with Crippen LogP contribution < -0.4 is 0 Å². The predicted molar refractivity (Wildman–Crippen MR) is 115 cm³/mol. The number of halogens is 3. The van der Waals surface area contributed by atoms with Crippen LogP contribution in [0.4, 0.5) is 13.2 Å². The molecule has 0 radical (unpaired) electrons. The van der Waals surface area contributed by atoms with Gasteiger partial charge in [-0.15, -0.1) is 0 Å². The van der Waals surface area contributed by atoms with E-state index in [0.717, 1.165) is 28.8 Å². The van der Waals surface area contributed by atoms with Crippen LogP contribution in [0.25, 0.3) is 5.76 Å². The molecular formula is C25H25F3N2O. The lowest BCUT2D eigenvalue weighted by molar-refractivity contribution is -0.138. The van der Waals surface area contributed by atoms with Crippen molar-refractivity contribution in [2.75, 3.05) is 0 Å². The molecule has 31 heavy (non-hydrogen) atoms. The zero-order valence-corrected chi connectivity index (χ0v) is 17.6. The summed E-state index contributed by atoms with van der Waals surface area (Å²) in [4.78, 5) is 7.24. The smallest absolute Gasteiger partial charge is 0.417 e. The summed E-state index contributed by atoms with van der Waals surface area (Å²) >= 11 is 0. The Hall–Kier alpha value is -3.02. The molecule has 1 fully saturated rings. The summed E-state index contributed by atoms with van der Waals surface area (Å²) in [5, 5.41) is 10.4. The summed E-state index contributed by atoms with van der Waals surface area (Å²) in [6, 6.07) is 10.3. The predicted octanol–water partition coefficient (Wildman–Crippen LogP) is 6.87. The maximum Gasteiger partial charge on any atom is 0.417 e. The summed E-state index contributed by atoms with van der Waals surface area (Å²) < 4.78 is 41.6. The minimum absolute atomic E-state index is 0.129. The van der Waals surface area contributed by atoms with Crippen LogP contribution in [-0.4, -0.2) is 15.1 Å². The van der Waals surface area contributed by atoms with Gasteiger partial charge in [-0.2, -0.15) is 13.2 Å². The molecule has 162 valence electrons. The number of aryl methyl sites for hydroxylation is 1. The number of H-pyrrole nitrogens is 1. The zero-order valence-electron chi connectivity index (χ0n) is 17.6. The number of nitrogens with one attached hydrogen (secondary N) is 1. The fourth-order valence-electron chi connectivity index (χ4n) is 4.17. The van der Waals surface area contributed by atoms with Crippen molar-refractivity contribution in [2.24, 2.45) is 0 Å². The molecule has 1 aliphatic carbocycles. The molecule has 4 rings (SSSR count). The number of nitrogens with zero attached hydrogens (tertiary/aromatic N) is 1. The highest BCUT2D eigenvalue weighted by molar-refractivity contribution is 5.67. The number of rotatable bonds is 5. The van der Waals surface area contributed by atoms with E-state index in [1.165, 1.54) is 12.1 Å². The lowest BCUT2D eigenvalue weighted by Gasteiger charge is -2.23. The minimum atomic E-state index is -4.55. The molecule has 6 heteroatoms. The van der Waals surface area contributed by atoms with Crippen molar-refractivity contribution in [3.05, 3.63) is 93.6 Å². The van der Waals surface area contributed by atoms with E-state index in [1.807, 2.05) is 32.0 Å². The first kappa shape index (κ1) is 21.2. The number of aromatic amines is 1. The quantitative estimate of drug-likeness (QED) is 0.437. The van der Waals surface area contributed by atoms with Crippen molar-refractivity contribution in [3.63, 3.8) is 0 Å². The van der Waals surface area contributed by atoms with Crippen molar-refractivity contribution >= 4 is 5.76 Å². The second-order valence-electron chi connectivity index (χ2n) is 8.24. The maximum absolute atomic E-state index is 13.9. The van der Waals surface area contributed by atoms with E-state index >= 15 is 0 Å². The van der Waals surface area contributed by atoms with Gasteiger partial charge in [-0.3, -0.25) is 0 Å². The average Bonchev–Trinajstić information content (AvgIpc) is 3.21. The standard InChI is InChI=1S/C25H25F3N2O/c1-15-5-3-8-19(16(15)2)21(23-13-29-14-30-23)11-17-9-10-20(22(12-17)25(26,27)28)24(31)18-6-4-7-18/h3,5,8-10,12-14,21,31H,4,6-7,11H2,1-2H3,(H,29,30). The largest absolute Gasteiger partial charge is 0.507 e. The first-order valence-corrected chi connectivity index (χ1v) is 10.4. The highest BCUT2D eigenvalue weighted by Gasteiger charge is 2.35. The van der Waals surface area contributed by atoms with Gasteiger partial charge in [-0.1, -0.05) is 30.3 Å². The maximum atomic E-state index is 13.9. The molecule has 0 spiro atoms. The van der Waals surface area contributed by atoms with Crippen LogP contribution >= 0.6 is 0 Å². The van der Waals surface area contributed by atoms with E-state index in [-0.39, 0.29) is 17.2 Å². The lowest BCUT2D eigenvalue weighted by atomic mass is 9.84. The molecule has 1 saturated carbocycles.